The van der Waals surface area contributed by atoms with Gasteiger partial charge in [-0.3, -0.25) is 14.6 Å². The Labute approximate surface area is 137 Å². The van der Waals surface area contributed by atoms with Crippen molar-refractivity contribution < 1.29 is 14.0 Å². The topological polar surface area (TPSA) is 65.3 Å². The minimum absolute atomic E-state index is 0.0823. The lowest BCUT2D eigenvalue weighted by Gasteiger charge is -2.20. The van der Waals surface area contributed by atoms with Gasteiger partial charge < -0.3 is 0 Å². The molecular formula is C17H13FN4O2. The highest BCUT2D eigenvalue weighted by atomic mass is 19.1. The molecular weight excluding hydrogens is 311 g/mol. The molecule has 4 rings (SSSR count). The summed E-state index contributed by atoms with van der Waals surface area (Å²) in [6, 6.07) is 13.3. The second kappa shape index (κ2) is 5.52. The number of imide groups is 1. The number of para-hydroxylation sites is 1. The maximum atomic E-state index is 13.8. The molecule has 2 unspecified atom stereocenters. The van der Waals surface area contributed by atoms with Crippen molar-refractivity contribution in [2.45, 2.75) is 18.6 Å². The highest BCUT2D eigenvalue weighted by Crippen LogP contribution is 2.32. The second-order valence-corrected chi connectivity index (χ2v) is 5.63. The molecule has 2 aromatic carbocycles. The molecule has 2 amide bonds. The summed E-state index contributed by atoms with van der Waals surface area (Å²) in [4.78, 5) is 26.4. The second-order valence-electron chi connectivity index (χ2n) is 5.63. The lowest BCUT2D eigenvalue weighted by molar-refractivity contribution is -0.123. The smallest absolute Gasteiger partial charge is 0.263 e. The van der Waals surface area contributed by atoms with Crippen molar-refractivity contribution in [1.82, 2.24) is 5.01 Å². The zero-order valence-electron chi connectivity index (χ0n) is 12.5. The standard InChI is InChI=1S/C17H13FN4O2/c18-13-9-5-4-6-11(13)10-21-15-14(19-20-21)16(23)22(17(15)24)12-7-2-1-3-8-12/h1-9,14-15H,10H2. The van der Waals surface area contributed by atoms with E-state index in [1.165, 1.54) is 11.1 Å². The Balaban J connectivity index is 1.62. The van der Waals surface area contributed by atoms with Crippen molar-refractivity contribution in [2.75, 3.05) is 4.90 Å². The molecule has 0 spiro atoms. The average molecular weight is 324 g/mol. The molecule has 2 heterocycles. The Hall–Kier alpha value is -3.09. The third kappa shape index (κ3) is 2.17. The van der Waals surface area contributed by atoms with Gasteiger partial charge in [-0.2, -0.15) is 5.11 Å². The van der Waals surface area contributed by atoms with E-state index in [4.69, 9.17) is 0 Å². The number of fused-ring (bicyclic) bond motifs is 1. The Kier molecular flexibility index (Phi) is 3.34. The van der Waals surface area contributed by atoms with Gasteiger partial charge in [-0.05, 0) is 18.2 Å². The van der Waals surface area contributed by atoms with Crippen molar-refractivity contribution in [3.63, 3.8) is 0 Å². The molecule has 6 nitrogen and oxygen atoms in total. The first kappa shape index (κ1) is 14.5. The number of benzene rings is 2. The van der Waals surface area contributed by atoms with Gasteiger partial charge in [0.1, 0.15) is 5.82 Å². The molecule has 2 aromatic rings. The van der Waals surface area contributed by atoms with Crippen LogP contribution in [-0.2, 0) is 16.1 Å². The van der Waals surface area contributed by atoms with E-state index in [0.29, 0.717) is 11.3 Å². The number of halogens is 1. The van der Waals surface area contributed by atoms with Crippen LogP contribution in [0.3, 0.4) is 0 Å². The fourth-order valence-electron chi connectivity index (χ4n) is 2.99. The van der Waals surface area contributed by atoms with Crippen LogP contribution in [0.5, 0.6) is 0 Å². The number of hydrogen-bond acceptors (Lipinski definition) is 5. The van der Waals surface area contributed by atoms with Crippen LogP contribution in [0.15, 0.2) is 64.9 Å². The van der Waals surface area contributed by atoms with Gasteiger partial charge >= 0.3 is 0 Å². The van der Waals surface area contributed by atoms with E-state index in [9.17, 15) is 14.0 Å². The molecule has 7 heteroatoms. The molecule has 120 valence electrons. The van der Waals surface area contributed by atoms with Crippen molar-refractivity contribution in [2.24, 2.45) is 10.3 Å². The van der Waals surface area contributed by atoms with Crippen LogP contribution < -0.4 is 4.90 Å². The Bertz CT molecular complexity index is 839. The first-order chi connectivity index (χ1) is 11.7. The van der Waals surface area contributed by atoms with Gasteiger partial charge in [0, 0.05) is 5.56 Å². The van der Waals surface area contributed by atoms with Crippen LogP contribution in [0.4, 0.5) is 10.1 Å². The summed E-state index contributed by atoms with van der Waals surface area (Å²) < 4.78 is 13.8. The summed E-state index contributed by atoms with van der Waals surface area (Å²) in [6.45, 7) is 0.0823. The molecule has 24 heavy (non-hydrogen) atoms. The van der Waals surface area contributed by atoms with E-state index >= 15 is 0 Å². The zero-order valence-corrected chi connectivity index (χ0v) is 12.5. The van der Waals surface area contributed by atoms with E-state index in [2.05, 4.69) is 10.3 Å². The zero-order chi connectivity index (χ0) is 16.7. The van der Waals surface area contributed by atoms with E-state index in [0.717, 1.165) is 4.90 Å². The average Bonchev–Trinajstić information content (AvgIpc) is 3.11. The fourth-order valence-corrected chi connectivity index (χ4v) is 2.99. The first-order valence-electron chi connectivity index (χ1n) is 7.50. The molecule has 0 saturated carbocycles. The van der Waals surface area contributed by atoms with Gasteiger partial charge in [-0.15, -0.1) is 0 Å². The lowest BCUT2D eigenvalue weighted by Crippen LogP contribution is -2.39. The number of nitrogens with zero attached hydrogens (tertiary/aromatic N) is 4. The van der Waals surface area contributed by atoms with Crippen molar-refractivity contribution in [3.05, 3.63) is 66.0 Å². The Morgan fingerprint density at radius 1 is 0.958 bits per heavy atom. The van der Waals surface area contributed by atoms with Crippen LogP contribution in [-0.4, -0.2) is 28.9 Å². The summed E-state index contributed by atoms with van der Waals surface area (Å²) in [6.07, 6.45) is 0. The van der Waals surface area contributed by atoms with Crippen LogP contribution >= 0.6 is 0 Å². The van der Waals surface area contributed by atoms with Gasteiger partial charge in [0.05, 0.1) is 12.2 Å². The van der Waals surface area contributed by atoms with Crippen molar-refractivity contribution >= 4 is 17.5 Å². The molecule has 2 aliphatic rings. The molecule has 0 radical (unpaired) electrons. The van der Waals surface area contributed by atoms with Crippen LogP contribution in [0, 0.1) is 5.82 Å². The third-order valence-corrected chi connectivity index (χ3v) is 4.16. The number of rotatable bonds is 3. The third-order valence-electron chi connectivity index (χ3n) is 4.16. The fraction of sp³-hybridized carbons (Fsp3) is 0.176. The molecule has 0 N–H and O–H groups in total. The van der Waals surface area contributed by atoms with E-state index in [1.54, 1.807) is 48.5 Å². The Morgan fingerprint density at radius 3 is 2.42 bits per heavy atom. The molecule has 2 atom stereocenters. The predicted molar refractivity (Wildman–Crippen MR) is 83.3 cm³/mol. The number of amides is 2. The highest BCUT2D eigenvalue weighted by molar-refractivity contribution is 6.25. The molecule has 0 bridgehead atoms. The van der Waals surface area contributed by atoms with Crippen LogP contribution in [0.25, 0.3) is 0 Å². The summed E-state index contributed by atoms with van der Waals surface area (Å²) in [5.41, 5.74) is 0.901. The minimum atomic E-state index is -0.871. The predicted octanol–water partition coefficient (Wildman–Crippen LogP) is 2.32. The molecule has 0 aromatic heterocycles. The van der Waals surface area contributed by atoms with Gasteiger partial charge in [-0.1, -0.05) is 41.6 Å². The molecule has 1 saturated heterocycles. The number of carbonyl (C=O) groups is 2. The van der Waals surface area contributed by atoms with E-state index in [1.807, 2.05) is 0 Å². The maximum Gasteiger partial charge on any atom is 0.263 e. The normalized spacial score (nSPS) is 22.4. The van der Waals surface area contributed by atoms with Gasteiger partial charge in [0.25, 0.3) is 11.8 Å². The van der Waals surface area contributed by atoms with Gasteiger partial charge in [0.2, 0.25) is 0 Å². The van der Waals surface area contributed by atoms with Crippen molar-refractivity contribution in [1.29, 1.82) is 0 Å². The monoisotopic (exact) mass is 324 g/mol. The SMILES string of the molecule is O=C1C2N=NN(Cc3ccccc3F)C2C(=O)N1c1ccccc1. The molecule has 0 aliphatic carbocycles. The highest BCUT2D eigenvalue weighted by Gasteiger charge is 2.54. The summed E-state index contributed by atoms with van der Waals surface area (Å²) >= 11 is 0. The van der Waals surface area contributed by atoms with Gasteiger partial charge in [0.15, 0.2) is 12.1 Å². The lowest BCUT2D eigenvalue weighted by atomic mass is 10.1. The molecule has 2 aliphatic heterocycles. The van der Waals surface area contributed by atoms with Gasteiger partial charge in [-0.25, -0.2) is 9.29 Å². The number of anilines is 1. The molecule has 1 fully saturated rings. The minimum Gasteiger partial charge on any atom is -0.271 e. The van der Waals surface area contributed by atoms with E-state index < -0.39 is 23.9 Å². The maximum absolute atomic E-state index is 13.8. The van der Waals surface area contributed by atoms with Crippen LogP contribution in [0.1, 0.15) is 5.56 Å². The summed E-state index contributed by atoms with van der Waals surface area (Å²) in [5, 5.41) is 9.22. The van der Waals surface area contributed by atoms with Crippen molar-refractivity contribution in [3.8, 4) is 0 Å². The number of hydrogen-bond donors (Lipinski definition) is 0. The first-order valence-corrected chi connectivity index (χ1v) is 7.50. The Morgan fingerprint density at radius 2 is 1.67 bits per heavy atom. The summed E-state index contributed by atoms with van der Waals surface area (Å²) in [7, 11) is 0. The number of carbonyl (C=O) groups excluding carboxylic acids is 2. The largest absolute Gasteiger partial charge is 0.271 e. The van der Waals surface area contributed by atoms with Crippen LogP contribution in [0.2, 0.25) is 0 Å². The quantitative estimate of drug-likeness (QED) is 0.814. The van der Waals surface area contributed by atoms with E-state index in [-0.39, 0.29) is 12.4 Å². The summed E-state index contributed by atoms with van der Waals surface area (Å²) in [5.74, 6) is -1.18.